The van der Waals surface area contributed by atoms with Crippen molar-refractivity contribution in [3.8, 4) is 0 Å². The summed E-state index contributed by atoms with van der Waals surface area (Å²) in [5.74, 6) is -1.82. The van der Waals surface area contributed by atoms with E-state index in [1.54, 1.807) is 109 Å². The third kappa shape index (κ3) is 3.45. The van der Waals surface area contributed by atoms with Gasteiger partial charge in [0.15, 0.2) is 11.1 Å². The molecule has 7 nitrogen and oxygen atoms in total. The highest BCUT2D eigenvalue weighted by Gasteiger charge is 2.59. The van der Waals surface area contributed by atoms with E-state index < -0.39 is 29.0 Å². The topological polar surface area (TPSA) is 98.7 Å². The Labute approximate surface area is 208 Å². The van der Waals surface area contributed by atoms with Crippen LogP contribution in [0.4, 0.5) is 4.79 Å². The van der Waals surface area contributed by atoms with Gasteiger partial charge in [-0.05, 0) is 22.3 Å². The molecule has 0 aromatic heterocycles. The van der Waals surface area contributed by atoms with E-state index in [0.29, 0.717) is 22.3 Å². The molecular formula is C29H23N3O4. The van der Waals surface area contributed by atoms with Crippen molar-refractivity contribution < 1.29 is 19.5 Å². The predicted octanol–water partition coefficient (Wildman–Crippen LogP) is 4.02. The molecule has 36 heavy (non-hydrogen) atoms. The van der Waals surface area contributed by atoms with Crippen LogP contribution in [0, 0.1) is 0 Å². The number of carboxylic acids is 1. The molecule has 4 aromatic rings. The van der Waals surface area contributed by atoms with Crippen molar-refractivity contribution in [3.05, 3.63) is 144 Å². The van der Waals surface area contributed by atoms with Crippen molar-refractivity contribution in [2.75, 3.05) is 0 Å². The summed E-state index contributed by atoms with van der Waals surface area (Å²) < 4.78 is 0. The Morgan fingerprint density at radius 2 is 1.08 bits per heavy atom. The number of nitrogens with one attached hydrogen (secondary N) is 2. The van der Waals surface area contributed by atoms with E-state index in [1.165, 1.54) is 0 Å². The van der Waals surface area contributed by atoms with Crippen molar-refractivity contribution >= 4 is 17.9 Å². The third-order valence-corrected chi connectivity index (χ3v) is 6.48. The minimum atomic E-state index is -1.89. The highest BCUT2D eigenvalue weighted by Crippen LogP contribution is 2.41. The van der Waals surface area contributed by atoms with E-state index in [0.717, 1.165) is 5.01 Å². The number of amides is 3. The van der Waals surface area contributed by atoms with Crippen molar-refractivity contribution in [2.45, 2.75) is 11.1 Å². The number of hydrogen-bond donors (Lipinski definition) is 3. The number of carbonyl (C=O) groups excluding carboxylic acids is 2. The fraction of sp³-hybridized carbons (Fsp3) is 0.0690. The van der Waals surface area contributed by atoms with Gasteiger partial charge in [0.05, 0.1) is 0 Å². The normalized spacial score (nSPS) is 14.9. The van der Waals surface area contributed by atoms with Crippen LogP contribution in [0.3, 0.4) is 0 Å². The Hall–Kier alpha value is -4.75. The zero-order chi connectivity index (χ0) is 25.2. The Morgan fingerprint density at radius 3 is 1.47 bits per heavy atom. The molecular weight excluding hydrogens is 454 g/mol. The molecule has 5 rings (SSSR count). The number of nitrogens with zero attached hydrogens (tertiary/aromatic N) is 1. The summed E-state index contributed by atoms with van der Waals surface area (Å²) in [6.07, 6.45) is 0. The quantitative estimate of drug-likeness (QED) is 0.349. The maximum absolute atomic E-state index is 13.7. The van der Waals surface area contributed by atoms with Crippen molar-refractivity contribution in [1.29, 1.82) is 0 Å². The monoisotopic (exact) mass is 477 g/mol. The van der Waals surface area contributed by atoms with Crippen molar-refractivity contribution in [1.82, 2.24) is 15.8 Å². The number of aliphatic carboxylic acids is 1. The summed E-state index contributed by atoms with van der Waals surface area (Å²) in [7, 11) is 0. The fourth-order valence-corrected chi connectivity index (χ4v) is 4.81. The standard InChI is InChI=1S/C29H23N3O4/c33-25-29(23-17-9-3-10-18-23,24-19-11-4-12-20-24)32(27(36)30-25)31-28(26(34)35,21-13-5-1-6-14-21)22-15-7-2-8-16-22/h1-20,31H,(H,34,35)(H,30,33,36). The molecule has 0 bridgehead atoms. The summed E-state index contributed by atoms with van der Waals surface area (Å²) in [4.78, 5) is 40.3. The van der Waals surface area contributed by atoms with Gasteiger partial charge in [-0.1, -0.05) is 121 Å². The molecule has 4 aromatic carbocycles. The Morgan fingerprint density at radius 1 is 0.694 bits per heavy atom. The van der Waals surface area contributed by atoms with Gasteiger partial charge in [0, 0.05) is 0 Å². The summed E-state index contributed by atoms with van der Waals surface area (Å²) in [6.45, 7) is 0. The first-order valence-electron chi connectivity index (χ1n) is 11.4. The van der Waals surface area contributed by atoms with Crippen LogP contribution in [0.25, 0.3) is 0 Å². The molecule has 0 spiro atoms. The molecule has 1 saturated heterocycles. The van der Waals surface area contributed by atoms with Gasteiger partial charge in [-0.25, -0.2) is 20.0 Å². The average Bonchev–Trinajstić information content (AvgIpc) is 3.18. The lowest BCUT2D eigenvalue weighted by Crippen LogP contribution is -2.63. The molecule has 1 heterocycles. The molecule has 1 aliphatic rings. The van der Waals surface area contributed by atoms with Gasteiger partial charge in [0.1, 0.15) is 0 Å². The number of carboxylic acid groups (broad SMARTS) is 1. The van der Waals surface area contributed by atoms with Gasteiger partial charge < -0.3 is 5.11 Å². The number of carbonyl (C=O) groups is 3. The van der Waals surface area contributed by atoms with E-state index in [9.17, 15) is 19.5 Å². The maximum Gasteiger partial charge on any atom is 0.340 e. The summed E-state index contributed by atoms with van der Waals surface area (Å²) in [6, 6.07) is 34.1. The molecule has 0 aliphatic carbocycles. The van der Waals surface area contributed by atoms with E-state index in [-0.39, 0.29) is 0 Å². The van der Waals surface area contributed by atoms with Gasteiger partial charge in [-0.3, -0.25) is 10.1 Å². The number of rotatable bonds is 7. The minimum Gasteiger partial charge on any atom is -0.479 e. The van der Waals surface area contributed by atoms with Gasteiger partial charge in [-0.2, -0.15) is 0 Å². The van der Waals surface area contributed by atoms with Crippen LogP contribution in [0.2, 0.25) is 0 Å². The first-order valence-corrected chi connectivity index (χ1v) is 11.4. The fourth-order valence-electron chi connectivity index (χ4n) is 4.81. The van der Waals surface area contributed by atoms with Gasteiger partial charge >= 0.3 is 12.0 Å². The van der Waals surface area contributed by atoms with Crippen LogP contribution in [-0.2, 0) is 20.7 Å². The highest BCUT2D eigenvalue weighted by molar-refractivity contribution is 6.09. The molecule has 7 heteroatoms. The van der Waals surface area contributed by atoms with E-state index in [2.05, 4.69) is 10.7 Å². The Bertz CT molecular complexity index is 1310. The van der Waals surface area contributed by atoms with E-state index in [4.69, 9.17) is 0 Å². The molecule has 1 fully saturated rings. The predicted molar refractivity (Wildman–Crippen MR) is 133 cm³/mol. The highest BCUT2D eigenvalue weighted by atomic mass is 16.4. The number of urea groups is 1. The first kappa shape index (κ1) is 23.0. The van der Waals surface area contributed by atoms with Crippen molar-refractivity contribution in [3.63, 3.8) is 0 Å². The van der Waals surface area contributed by atoms with Crippen LogP contribution in [-0.4, -0.2) is 28.0 Å². The lowest BCUT2D eigenvalue weighted by Gasteiger charge is -2.42. The van der Waals surface area contributed by atoms with Crippen molar-refractivity contribution in [2.24, 2.45) is 0 Å². The number of hydrogen-bond acceptors (Lipinski definition) is 4. The molecule has 3 amide bonds. The first-order chi connectivity index (χ1) is 17.5. The Balaban J connectivity index is 1.79. The maximum atomic E-state index is 13.7. The molecule has 178 valence electrons. The molecule has 0 radical (unpaired) electrons. The zero-order valence-electron chi connectivity index (χ0n) is 19.2. The largest absolute Gasteiger partial charge is 0.479 e. The lowest BCUT2D eigenvalue weighted by atomic mass is 9.80. The van der Waals surface area contributed by atoms with Crippen LogP contribution in [0.5, 0.6) is 0 Å². The van der Waals surface area contributed by atoms with Crippen LogP contribution in [0.1, 0.15) is 22.3 Å². The van der Waals surface area contributed by atoms with E-state index >= 15 is 0 Å². The molecule has 0 saturated carbocycles. The summed E-state index contributed by atoms with van der Waals surface area (Å²) >= 11 is 0. The second-order valence-electron chi connectivity index (χ2n) is 8.44. The third-order valence-electron chi connectivity index (χ3n) is 6.48. The molecule has 1 aliphatic heterocycles. The minimum absolute atomic E-state index is 0.394. The summed E-state index contributed by atoms with van der Waals surface area (Å²) in [5.41, 5.74) is 1.28. The van der Waals surface area contributed by atoms with Crippen LogP contribution < -0.4 is 10.7 Å². The SMILES string of the molecule is O=C1NC(=O)C(c2ccccc2)(c2ccccc2)N1NC(C(=O)O)(c1ccccc1)c1ccccc1. The van der Waals surface area contributed by atoms with E-state index in [1.807, 2.05) is 12.1 Å². The number of hydrazine groups is 1. The zero-order valence-corrected chi connectivity index (χ0v) is 19.2. The average molecular weight is 478 g/mol. The molecule has 0 atom stereocenters. The van der Waals surface area contributed by atoms with Crippen LogP contribution in [0.15, 0.2) is 121 Å². The second kappa shape index (κ2) is 9.13. The van der Waals surface area contributed by atoms with Gasteiger partial charge in [0.2, 0.25) is 0 Å². The lowest BCUT2D eigenvalue weighted by molar-refractivity contribution is -0.147. The smallest absolute Gasteiger partial charge is 0.340 e. The van der Waals surface area contributed by atoms with Crippen LogP contribution >= 0.6 is 0 Å². The summed E-state index contributed by atoms with van der Waals surface area (Å²) in [5, 5.41) is 14.3. The number of imide groups is 1. The molecule has 0 unspecified atom stereocenters. The second-order valence-corrected chi connectivity index (χ2v) is 8.44. The number of benzene rings is 4. The van der Waals surface area contributed by atoms with Gasteiger partial charge in [0.25, 0.3) is 5.91 Å². The Kier molecular flexibility index (Phi) is 5.83. The molecule has 3 N–H and O–H groups in total. The van der Waals surface area contributed by atoms with Gasteiger partial charge in [-0.15, -0.1) is 0 Å².